The van der Waals surface area contributed by atoms with E-state index in [2.05, 4.69) is 45.8 Å². The molecule has 0 amide bonds. The lowest BCUT2D eigenvalue weighted by Crippen LogP contribution is -2.03. The van der Waals surface area contributed by atoms with Crippen LogP contribution < -0.4 is 4.74 Å². The van der Waals surface area contributed by atoms with Crippen LogP contribution in [-0.4, -0.2) is 19.3 Å². The Hall–Kier alpha value is -5.30. The quantitative estimate of drug-likeness (QED) is 0.183. The van der Waals surface area contributed by atoms with Crippen LogP contribution in [0.1, 0.15) is 33.4 Å². The Morgan fingerprint density at radius 2 is 1.44 bits per heavy atom. The fourth-order valence-corrected chi connectivity index (χ4v) is 6.30. The first-order valence-electron chi connectivity index (χ1n) is 14.9. The molecule has 0 aliphatic heterocycles. The molecule has 0 aliphatic rings. The minimum Gasteiger partial charge on any atom is -0.457 e. The molecular weight excluding hydrogens is 566 g/mol. The maximum Gasteiger partial charge on any atom is 0.137 e. The fourth-order valence-electron chi connectivity index (χ4n) is 6.30. The van der Waals surface area contributed by atoms with Crippen LogP contribution in [0.25, 0.3) is 44.4 Å². The lowest BCUT2D eigenvalue weighted by atomic mass is 9.87. The zero-order valence-corrected chi connectivity index (χ0v) is 25.6. The molecule has 7 heteroatoms. The SMILES string of the molecule is Cc1ccnc(-n2c3ccccc3c3ccc(Oc4cccc(-n5cc(-c6c(CF)c(C)c(C)c(C)c6CF)cn5)c4)cc32)c1. The Kier molecular flexibility index (Phi) is 7.16. The normalized spacial score (nSPS) is 11.5. The zero-order valence-electron chi connectivity index (χ0n) is 25.6. The Morgan fingerprint density at radius 3 is 2.20 bits per heavy atom. The summed E-state index contributed by atoms with van der Waals surface area (Å²) < 4.78 is 38.8. The maximum atomic E-state index is 14.3. The van der Waals surface area contributed by atoms with E-state index in [0.717, 1.165) is 55.6 Å². The molecule has 0 spiro atoms. The number of alkyl halides is 2. The molecule has 5 nitrogen and oxygen atoms in total. The second-order valence-corrected chi connectivity index (χ2v) is 11.5. The molecule has 0 saturated carbocycles. The third kappa shape index (κ3) is 4.85. The summed E-state index contributed by atoms with van der Waals surface area (Å²) >= 11 is 0. The van der Waals surface area contributed by atoms with Crippen LogP contribution in [0.2, 0.25) is 0 Å². The molecule has 0 saturated heterocycles. The summed E-state index contributed by atoms with van der Waals surface area (Å²) in [5.41, 5.74) is 8.87. The summed E-state index contributed by atoms with van der Waals surface area (Å²) in [5.74, 6) is 2.17. The Bertz CT molecular complexity index is 2200. The maximum absolute atomic E-state index is 14.3. The van der Waals surface area contributed by atoms with Gasteiger partial charge in [0.2, 0.25) is 0 Å². The molecule has 0 aliphatic carbocycles. The van der Waals surface area contributed by atoms with Gasteiger partial charge in [-0.3, -0.25) is 4.57 Å². The Labute approximate surface area is 260 Å². The van der Waals surface area contributed by atoms with Crippen molar-refractivity contribution in [3.63, 3.8) is 0 Å². The first-order valence-corrected chi connectivity index (χ1v) is 14.9. The van der Waals surface area contributed by atoms with Crippen LogP contribution in [0.15, 0.2) is 97.5 Å². The molecule has 0 unspecified atom stereocenters. The van der Waals surface area contributed by atoms with Gasteiger partial charge in [-0.1, -0.05) is 24.3 Å². The van der Waals surface area contributed by atoms with Gasteiger partial charge in [0, 0.05) is 40.9 Å². The topological polar surface area (TPSA) is 44.9 Å². The van der Waals surface area contributed by atoms with Crippen molar-refractivity contribution in [2.75, 3.05) is 0 Å². The third-order valence-electron chi connectivity index (χ3n) is 8.87. The predicted octanol–water partition coefficient (Wildman–Crippen LogP) is 10.00. The number of fused-ring (bicyclic) bond motifs is 3. The number of nitrogens with zero attached hydrogens (tertiary/aromatic N) is 4. The van der Waals surface area contributed by atoms with E-state index >= 15 is 0 Å². The summed E-state index contributed by atoms with van der Waals surface area (Å²) in [4.78, 5) is 4.67. The molecule has 3 heterocycles. The molecule has 0 bridgehead atoms. The van der Waals surface area contributed by atoms with Crippen LogP contribution in [-0.2, 0) is 13.3 Å². The van der Waals surface area contributed by atoms with Crippen molar-refractivity contribution in [2.45, 2.75) is 41.0 Å². The van der Waals surface area contributed by atoms with Gasteiger partial charge >= 0.3 is 0 Å². The van der Waals surface area contributed by atoms with Crippen LogP contribution in [0.5, 0.6) is 11.5 Å². The molecule has 0 radical (unpaired) electrons. The number of para-hydroxylation sites is 1. The van der Waals surface area contributed by atoms with E-state index in [-0.39, 0.29) is 0 Å². The van der Waals surface area contributed by atoms with Crippen molar-refractivity contribution >= 4 is 21.8 Å². The lowest BCUT2D eigenvalue weighted by molar-refractivity contribution is 0.474. The molecule has 7 aromatic rings. The number of ether oxygens (including phenoxy) is 1. The zero-order chi connectivity index (χ0) is 31.2. The second-order valence-electron chi connectivity index (χ2n) is 11.5. The average molecular weight is 599 g/mol. The Balaban J connectivity index is 1.26. The van der Waals surface area contributed by atoms with Crippen LogP contribution in [0, 0.1) is 27.7 Å². The van der Waals surface area contributed by atoms with Crippen molar-refractivity contribution in [3.8, 4) is 34.1 Å². The molecule has 7 rings (SSSR count). The van der Waals surface area contributed by atoms with E-state index in [1.54, 1.807) is 10.9 Å². The van der Waals surface area contributed by atoms with Crippen molar-refractivity contribution in [2.24, 2.45) is 0 Å². The van der Waals surface area contributed by atoms with Gasteiger partial charge < -0.3 is 4.74 Å². The van der Waals surface area contributed by atoms with Crippen LogP contribution in [0.3, 0.4) is 0 Å². The van der Waals surface area contributed by atoms with E-state index in [1.807, 2.05) is 87.8 Å². The van der Waals surface area contributed by atoms with E-state index in [0.29, 0.717) is 33.8 Å². The van der Waals surface area contributed by atoms with Crippen molar-refractivity contribution in [3.05, 3.63) is 131 Å². The lowest BCUT2D eigenvalue weighted by Gasteiger charge is -2.19. The number of pyridine rings is 1. The van der Waals surface area contributed by atoms with Gasteiger partial charge in [-0.2, -0.15) is 5.10 Å². The monoisotopic (exact) mass is 598 g/mol. The summed E-state index contributed by atoms with van der Waals surface area (Å²) in [5, 5.41) is 6.82. The van der Waals surface area contributed by atoms with Gasteiger partial charge in [-0.25, -0.2) is 18.4 Å². The highest BCUT2D eigenvalue weighted by atomic mass is 19.1. The smallest absolute Gasteiger partial charge is 0.137 e. The molecule has 0 atom stereocenters. The van der Waals surface area contributed by atoms with E-state index in [1.165, 1.54) is 0 Å². The summed E-state index contributed by atoms with van der Waals surface area (Å²) in [6.07, 6.45) is 5.32. The number of benzene rings is 4. The largest absolute Gasteiger partial charge is 0.457 e. The van der Waals surface area contributed by atoms with Gasteiger partial charge in [0.25, 0.3) is 0 Å². The summed E-state index contributed by atoms with van der Waals surface area (Å²) in [6, 6.07) is 26.1. The van der Waals surface area contributed by atoms with Gasteiger partial charge in [0.1, 0.15) is 30.7 Å². The highest BCUT2D eigenvalue weighted by Crippen LogP contribution is 2.38. The predicted molar refractivity (Wildman–Crippen MR) is 176 cm³/mol. The number of aryl methyl sites for hydroxylation is 1. The third-order valence-corrected chi connectivity index (χ3v) is 8.87. The highest BCUT2D eigenvalue weighted by Gasteiger charge is 2.20. The first kappa shape index (κ1) is 28.5. The number of hydrogen-bond donors (Lipinski definition) is 0. The van der Waals surface area contributed by atoms with Crippen LogP contribution >= 0.6 is 0 Å². The average Bonchev–Trinajstić information content (AvgIpc) is 3.67. The molecule has 0 fully saturated rings. The molecule has 3 aromatic heterocycles. The summed E-state index contributed by atoms with van der Waals surface area (Å²) in [6.45, 7) is 6.41. The highest BCUT2D eigenvalue weighted by molar-refractivity contribution is 6.09. The molecule has 224 valence electrons. The molecule has 0 N–H and O–H groups in total. The number of aromatic nitrogens is 4. The van der Waals surface area contributed by atoms with Crippen molar-refractivity contribution in [1.29, 1.82) is 0 Å². The number of rotatable bonds is 7. The number of halogens is 2. The standard InChI is InChI=1S/C38H32F2N4O/c1-23-14-15-41-37(16-23)44-35-11-6-5-10-31(35)32-13-12-30(18-36(32)44)45-29-9-7-8-28(17-29)43-22-27(21-42-43)38-33(19-39)25(3)24(2)26(4)34(38)20-40/h5-18,21-22H,19-20H2,1-4H3. The molecule has 45 heavy (non-hydrogen) atoms. The fraction of sp³-hybridized carbons (Fsp3) is 0.158. The second kappa shape index (κ2) is 11.3. The van der Waals surface area contributed by atoms with Gasteiger partial charge in [-0.05, 0) is 109 Å². The van der Waals surface area contributed by atoms with E-state index < -0.39 is 13.3 Å². The van der Waals surface area contributed by atoms with Crippen LogP contribution in [0.4, 0.5) is 8.78 Å². The first-order chi connectivity index (χ1) is 21.9. The minimum absolute atomic E-state index is 0.510. The van der Waals surface area contributed by atoms with Gasteiger partial charge in [0.05, 0.1) is 22.9 Å². The van der Waals surface area contributed by atoms with Gasteiger partial charge in [0.15, 0.2) is 0 Å². The van der Waals surface area contributed by atoms with Crippen molar-refractivity contribution in [1.82, 2.24) is 19.3 Å². The van der Waals surface area contributed by atoms with Gasteiger partial charge in [-0.15, -0.1) is 0 Å². The van der Waals surface area contributed by atoms with Crippen molar-refractivity contribution < 1.29 is 13.5 Å². The summed E-state index contributed by atoms with van der Waals surface area (Å²) in [7, 11) is 0. The minimum atomic E-state index is -0.674. The molecular formula is C38H32F2N4O. The molecule has 4 aromatic carbocycles. The number of hydrogen-bond acceptors (Lipinski definition) is 3. The Morgan fingerprint density at radius 1 is 0.711 bits per heavy atom. The van der Waals surface area contributed by atoms with E-state index in [9.17, 15) is 8.78 Å². The van der Waals surface area contributed by atoms with E-state index in [4.69, 9.17) is 4.74 Å².